The number of ether oxygens (including phenoxy) is 1. The van der Waals surface area contributed by atoms with Crippen LogP contribution in [0.1, 0.15) is 26.7 Å². The van der Waals surface area contributed by atoms with Gasteiger partial charge in [0.15, 0.2) is 5.96 Å². The smallest absolute Gasteiger partial charge is 0.308 e. The maximum absolute atomic E-state index is 11.5. The SMILES string of the molecule is CN=C(NCCN(C)C(C)C)N1CCC(C(=O)OC)CC1.I. The van der Waals surface area contributed by atoms with Crippen LogP contribution in [0.3, 0.4) is 0 Å². The second kappa shape index (κ2) is 11.0. The Kier molecular flexibility index (Phi) is 10.8. The molecule has 1 rings (SSSR count). The molecule has 0 aromatic heterocycles. The molecule has 1 N–H and O–H groups in total. The third-order valence-electron chi connectivity index (χ3n) is 4.17. The molecule has 1 fully saturated rings. The number of nitrogens with one attached hydrogen (secondary N) is 1. The van der Waals surface area contributed by atoms with E-state index in [1.165, 1.54) is 7.11 Å². The number of carbonyl (C=O) groups is 1. The van der Waals surface area contributed by atoms with Gasteiger partial charge in [-0.05, 0) is 33.7 Å². The van der Waals surface area contributed by atoms with Gasteiger partial charge in [-0.1, -0.05) is 0 Å². The Morgan fingerprint density at radius 2 is 2.00 bits per heavy atom. The second-order valence-electron chi connectivity index (χ2n) is 5.83. The fourth-order valence-electron chi connectivity index (χ4n) is 2.43. The van der Waals surface area contributed by atoms with Crippen molar-refractivity contribution in [1.82, 2.24) is 15.1 Å². The maximum atomic E-state index is 11.5. The van der Waals surface area contributed by atoms with E-state index in [1.807, 2.05) is 0 Å². The minimum absolute atomic E-state index is 0. The average Bonchev–Trinajstić information content (AvgIpc) is 2.50. The molecule has 0 radical (unpaired) electrons. The van der Waals surface area contributed by atoms with Gasteiger partial charge in [0.25, 0.3) is 0 Å². The lowest BCUT2D eigenvalue weighted by atomic mass is 9.97. The number of nitrogens with zero attached hydrogens (tertiary/aromatic N) is 3. The van der Waals surface area contributed by atoms with Crippen LogP contribution in [0.25, 0.3) is 0 Å². The van der Waals surface area contributed by atoms with Crippen molar-refractivity contribution < 1.29 is 9.53 Å². The predicted octanol–water partition coefficient (Wildman–Crippen LogP) is 1.40. The largest absolute Gasteiger partial charge is 0.469 e. The van der Waals surface area contributed by atoms with Crippen molar-refractivity contribution in [2.45, 2.75) is 32.7 Å². The van der Waals surface area contributed by atoms with E-state index in [1.54, 1.807) is 7.05 Å². The molecule has 6 nitrogen and oxygen atoms in total. The molecular weight excluding hydrogens is 395 g/mol. The minimum atomic E-state index is -0.0869. The van der Waals surface area contributed by atoms with E-state index in [0.717, 1.165) is 45.0 Å². The maximum Gasteiger partial charge on any atom is 0.308 e. The molecule has 0 unspecified atom stereocenters. The molecule has 1 saturated heterocycles. The number of methoxy groups -OCH3 is 1. The number of aliphatic imine (C=N–C) groups is 1. The summed E-state index contributed by atoms with van der Waals surface area (Å²) in [6.07, 6.45) is 1.67. The van der Waals surface area contributed by atoms with Crippen molar-refractivity contribution in [2.75, 3.05) is 47.4 Å². The molecule has 7 heteroatoms. The van der Waals surface area contributed by atoms with Crippen LogP contribution in [0.4, 0.5) is 0 Å². The minimum Gasteiger partial charge on any atom is -0.469 e. The van der Waals surface area contributed by atoms with Crippen molar-refractivity contribution in [3.8, 4) is 0 Å². The molecule has 0 saturated carbocycles. The summed E-state index contributed by atoms with van der Waals surface area (Å²) in [5.74, 6) is 0.878. The molecule has 0 bridgehead atoms. The van der Waals surface area contributed by atoms with E-state index >= 15 is 0 Å². The fourth-order valence-corrected chi connectivity index (χ4v) is 2.43. The number of hydrogen-bond donors (Lipinski definition) is 1. The van der Waals surface area contributed by atoms with E-state index < -0.39 is 0 Å². The highest BCUT2D eigenvalue weighted by Crippen LogP contribution is 2.18. The van der Waals surface area contributed by atoms with Crippen LogP contribution < -0.4 is 5.32 Å². The Balaban J connectivity index is 0.00000441. The first-order valence-corrected chi connectivity index (χ1v) is 7.73. The summed E-state index contributed by atoms with van der Waals surface area (Å²) in [7, 11) is 5.39. The molecule has 0 aliphatic carbocycles. The van der Waals surface area contributed by atoms with Gasteiger partial charge in [0.1, 0.15) is 0 Å². The third kappa shape index (κ3) is 6.68. The highest BCUT2D eigenvalue weighted by atomic mass is 127. The van der Waals surface area contributed by atoms with Crippen LogP contribution in [0.5, 0.6) is 0 Å². The number of halogens is 1. The van der Waals surface area contributed by atoms with Crippen molar-refractivity contribution in [1.29, 1.82) is 0 Å². The second-order valence-corrected chi connectivity index (χ2v) is 5.83. The zero-order valence-electron chi connectivity index (χ0n) is 14.5. The summed E-state index contributed by atoms with van der Waals surface area (Å²) in [5.41, 5.74) is 0. The molecule has 0 aromatic carbocycles. The van der Waals surface area contributed by atoms with Gasteiger partial charge in [-0.3, -0.25) is 9.79 Å². The van der Waals surface area contributed by atoms with Crippen LogP contribution in [-0.2, 0) is 9.53 Å². The fraction of sp³-hybridized carbons (Fsp3) is 0.867. The molecule has 0 atom stereocenters. The first-order valence-electron chi connectivity index (χ1n) is 7.73. The summed E-state index contributed by atoms with van der Waals surface area (Å²) in [6, 6.07) is 0.546. The van der Waals surface area contributed by atoms with Crippen molar-refractivity contribution >= 4 is 35.9 Å². The molecule has 1 aliphatic rings. The van der Waals surface area contributed by atoms with Crippen molar-refractivity contribution in [2.24, 2.45) is 10.9 Å². The monoisotopic (exact) mass is 426 g/mol. The highest BCUT2D eigenvalue weighted by molar-refractivity contribution is 14.0. The van der Waals surface area contributed by atoms with Gasteiger partial charge in [-0.25, -0.2) is 0 Å². The number of guanidine groups is 1. The zero-order valence-corrected chi connectivity index (χ0v) is 16.8. The summed E-state index contributed by atoms with van der Waals surface area (Å²) < 4.78 is 4.82. The van der Waals surface area contributed by atoms with Gasteiger partial charge in [-0.2, -0.15) is 0 Å². The average molecular weight is 426 g/mol. The lowest BCUT2D eigenvalue weighted by molar-refractivity contribution is -0.146. The Morgan fingerprint density at radius 1 is 1.41 bits per heavy atom. The zero-order chi connectivity index (χ0) is 15.8. The number of piperidine rings is 1. The number of hydrogen-bond acceptors (Lipinski definition) is 4. The van der Waals surface area contributed by atoms with Crippen LogP contribution in [-0.4, -0.2) is 75.2 Å². The molecular formula is C15H31IN4O2. The van der Waals surface area contributed by atoms with Gasteiger partial charge in [0, 0.05) is 39.3 Å². The van der Waals surface area contributed by atoms with Crippen molar-refractivity contribution in [3.63, 3.8) is 0 Å². The van der Waals surface area contributed by atoms with Gasteiger partial charge in [0.05, 0.1) is 13.0 Å². The molecule has 130 valence electrons. The quantitative estimate of drug-likeness (QED) is 0.312. The first kappa shape index (κ1) is 21.4. The molecule has 1 aliphatic heterocycles. The van der Waals surface area contributed by atoms with Gasteiger partial charge in [0.2, 0.25) is 0 Å². The molecule has 22 heavy (non-hydrogen) atoms. The molecule has 1 heterocycles. The standard InChI is InChI=1S/C15H30N4O2.HI/c1-12(2)18(4)11-8-17-15(16-3)19-9-6-13(7-10-19)14(20)21-5;/h12-13H,6-11H2,1-5H3,(H,16,17);1H. The lowest BCUT2D eigenvalue weighted by Gasteiger charge is -2.33. The normalized spacial score (nSPS) is 16.7. The van der Waals surface area contributed by atoms with Crippen LogP contribution >= 0.6 is 24.0 Å². The van der Waals surface area contributed by atoms with Gasteiger partial charge >= 0.3 is 5.97 Å². The Hall–Kier alpha value is -0.570. The Labute approximate surface area is 151 Å². The van der Waals surface area contributed by atoms with Crippen LogP contribution in [0.2, 0.25) is 0 Å². The predicted molar refractivity (Wildman–Crippen MR) is 101 cm³/mol. The summed E-state index contributed by atoms with van der Waals surface area (Å²) >= 11 is 0. The van der Waals surface area contributed by atoms with E-state index in [2.05, 4.69) is 41.0 Å². The Morgan fingerprint density at radius 3 is 2.45 bits per heavy atom. The summed E-state index contributed by atoms with van der Waals surface area (Å²) in [6.45, 7) is 7.92. The topological polar surface area (TPSA) is 57.2 Å². The molecule has 0 spiro atoms. The van der Waals surface area contributed by atoms with Gasteiger partial charge in [-0.15, -0.1) is 24.0 Å². The summed E-state index contributed by atoms with van der Waals surface area (Å²) in [4.78, 5) is 20.4. The van der Waals surface area contributed by atoms with E-state index in [0.29, 0.717) is 6.04 Å². The molecule has 0 aromatic rings. The van der Waals surface area contributed by atoms with E-state index in [9.17, 15) is 4.79 Å². The molecule has 0 amide bonds. The number of carbonyl (C=O) groups excluding carboxylic acids is 1. The van der Waals surface area contributed by atoms with Gasteiger partial charge < -0.3 is 19.9 Å². The number of rotatable bonds is 5. The van der Waals surface area contributed by atoms with Crippen molar-refractivity contribution in [3.05, 3.63) is 0 Å². The lowest BCUT2D eigenvalue weighted by Crippen LogP contribution is -2.48. The highest BCUT2D eigenvalue weighted by Gasteiger charge is 2.26. The number of likely N-dealkylation sites (tertiary alicyclic amines) is 1. The van der Waals surface area contributed by atoms with E-state index in [-0.39, 0.29) is 35.9 Å². The van der Waals surface area contributed by atoms with Crippen LogP contribution in [0, 0.1) is 5.92 Å². The van der Waals surface area contributed by atoms with E-state index in [4.69, 9.17) is 4.74 Å². The first-order chi connectivity index (χ1) is 9.99. The third-order valence-corrected chi connectivity index (χ3v) is 4.17. The van der Waals surface area contributed by atoms with Crippen LogP contribution in [0.15, 0.2) is 4.99 Å². The number of likely N-dealkylation sites (N-methyl/N-ethyl adjacent to an activating group) is 1. The summed E-state index contributed by atoms with van der Waals surface area (Å²) in [5, 5.41) is 3.40. The number of esters is 1. The Bertz CT molecular complexity index is 355.